The Balaban J connectivity index is 1.16. The van der Waals surface area contributed by atoms with Crippen molar-refractivity contribution in [3.8, 4) is 0 Å². The fraction of sp³-hybridized carbons (Fsp3) is 0.571. The molecule has 8 heteroatoms. The smallest absolute Gasteiger partial charge is 0.321 e. The molecule has 3 fully saturated rings. The molecule has 1 aromatic heterocycles. The number of carbonyl (C=O) groups is 2. The Morgan fingerprint density at radius 2 is 1.76 bits per heavy atom. The minimum absolute atomic E-state index is 0.00414. The number of piperidine rings is 1. The fourth-order valence-corrected chi connectivity index (χ4v) is 4.10. The van der Waals surface area contributed by atoms with Gasteiger partial charge in [0, 0.05) is 43.7 Å². The minimum Gasteiger partial charge on any atom is -0.440 e. The van der Waals surface area contributed by atoms with Gasteiger partial charge in [0.05, 0.1) is 13.2 Å². The van der Waals surface area contributed by atoms with Gasteiger partial charge < -0.3 is 24.3 Å². The highest BCUT2D eigenvalue weighted by Gasteiger charge is 2.31. The van der Waals surface area contributed by atoms with E-state index in [2.05, 4.69) is 10.3 Å². The van der Waals surface area contributed by atoms with E-state index in [9.17, 15) is 9.59 Å². The van der Waals surface area contributed by atoms with Crippen LogP contribution < -0.4 is 5.32 Å². The van der Waals surface area contributed by atoms with Crippen LogP contribution in [0.1, 0.15) is 37.5 Å². The molecule has 1 aromatic carbocycles. The van der Waals surface area contributed by atoms with Crippen molar-refractivity contribution >= 4 is 28.7 Å². The van der Waals surface area contributed by atoms with E-state index in [0.717, 1.165) is 29.8 Å². The van der Waals surface area contributed by atoms with Gasteiger partial charge in [-0.15, -0.1) is 0 Å². The average molecular weight is 398 g/mol. The van der Waals surface area contributed by atoms with Crippen LogP contribution in [-0.4, -0.2) is 66.1 Å². The van der Waals surface area contributed by atoms with Crippen LogP contribution in [0.3, 0.4) is 0 Å². The summed E-state index contributed by atoms with van der Waals surface area (Å²) in [6.07, 6.45) is 3.69. The van der Waals surface area contributed by atoms with Gasteiger partial charge in [0.2, 0.25) is 5.91 Å². The van der Waals surface area contributed by atoms with E-state index in [4.69, 9.17) is 9.15 Å². The number of ether oxygens (including phenoxy) is 1. The number of likely N-dealkylation sites (tertiary alicyclic amines) is 1. The Labute approximate surface area is 169 Å². The molecule has 8 nitrogen and oxygen atoms in total. The summed E-state index contributed by atoms with van der Waals surface area (Å²) in [4.78, 5) is 33.5. The molecule has 2 saturated heterocycles. The third-order valence-electron chi connectivity index (χ3n) is 6.04. The van der Waals surface area contributed by atoms with E-state index in [0.29, 0.717) is 63.8 Å². The Morgan fingerprint density at radius 3 is 2.48 bits per heavy atom. The maximum absolute atomic E-state index is 12.7. The first-order valence-corrected chi connectivity index (χ1v) is 10.5. The lowest BCUT2D eigenvalue weighted by atomic mass is 9.95. The molecular weight excluding hydrogens is 372 g/mol. The molecule has 1 saturated carbocycles. The predicted molar refractivity (Wildman–Crippen MR) is 107 cm³/mol. The zero-order chi connectivity index (χ0) is 19.8. The van der Waals surface area contributed by atoms with Gasteiger partial charge in [-0.05, 0) is 43.9 Å². The van der Waals surface area contributed by atoms with Crippen LogP contribution in [-0.2, 0) is 9.53 Å². The summed E-state index contributed by atoms with van der Waals surface area (Å²) in [5, 5.41) is 2.96. The molecule has 3 heterocycles. The number of oxazole rings is 1. The van der Waals surface area contributed by atoms with E-state index >= 15 is 0 Å². The Hall–Kier alpha value is -2.61. The number of nitrogens with one attached hydrogen (secondary N) is 1. The molecule has 0 unspecified atom stereocenters. The van der Waals surface area contributed by atoms with Crippen molar-refractivity contribution in [1.29, 1.82) is 0 Å². The van der Waals surface area contributed by atoms with Gasteiger partial charge in [-0.2, -0.15) is 0 Å². The molecule has 0 bridgehead atoms. The first-order chi connectivity index (χ1) is 14.2. The van der Waals surface area contributed by atoms with E-state index in [-0.39, 0.29) is 17.9 Å². The second-order valence-corrected chi connectivity index (χ2v) is 8.14. The monoisotopic (exact) mass is 398 g/mol. The molecule has 29 heavy (non-hydrogen) atoms. The summed E-state index contributed by atoms with van der Waals surface area (Å²) < 4.78 is 11.1. The van der Waals surface area contributed by atoms with Crippen LogP contribution in [0.4, 0.5) is 10.5 Å². The van der Waals surface area contributed by atoms with E-state index in [1.54, 1.807) is 4.90 Å². The van der Waals surface area contributed by atoms with Crippen LogP contribution in [0.25, 0.3) is 11.1 Å². The van der Waals surface area contributed by atoms with Crippen molar-refractivity contribution in [2.24, 2.45) is 5.92 Å². The van der Waals surface area contributed by atoms with Crippen LogP contribution in [0, 0.1) is 5.92 Å². The highest BCUT2D eigenvalue weighted by atomic mass is 16.5. The number of nitrogens with zero attached hydrogens (tertiary/aromatic N) is 3. The van der Waals surface area contributed by atoms with Gasteiger partial charge >= 0.3 is 6.03 Å². The molecule has 2 aromatic rings. The van der Waals surface area contributed by atoms with Gasteiger partial charge in [-0.3, -0.25) is 4.79 Å². The molecule has 3 aliphatic rings. The Bertz CT molecular complexity index is 909. The number of rotatable bonds is 3. The fourth-order valence-electron chi connectivity index (χ4n) is 4.10. The molecule has 0 atom stereocenters. The lowest BCUT2D eigenvalue weighted by Gasteiger charge is -2.35. The van der Waals surface area contributed by atoms with Crippen molar-refractivity contribution < 1.29 is 18.7 Å². The second kappa shape index (κ2) is 7.67. The zero-order valence-electron chi connectivity index (χ0n) is 16.4. The summed E-state index contributed by atoms with van der Waals surface area (Å²) in [7, 11) is 0. The second-order valence-electron chi connectivity index (χ2n) is 8.14. The van der Waals surface area contributed by atoms with Crippen molar-refractivity contribution in [2.45, 2.75) is 31.6 Å². The molecule has 154 valence electrons. The average Bonchev–Trinajstić information content (AvgIpc) is 3.53. The summed E-state index contributed by atoms with van der Waals surface area (Å²) in [5.41, 5.74) is 2.25. The van der Waals surface area contributed by atoms with Gasteiger partial charge in [0.1, 0.15) is 5.52 Å². The maximum Gasteiger partial charge on any atom is 0.321 e. The summed E-state index contributed by atoms with van der Waals surface area (Å²) >= 11 is 0. The van der Waals surface area contributed by atoms with Gasteiger partial charge in [0.15, 0.2) is 11.5 Å². The highest BCUT2D eigenvalue weighted by molar-refractivity contribution is 5.92. The Morgan fingerprint density at radius 1 is 1.00 bits per heavy atom. The third-order valence-corrected chi connectivity index (χ3v) is 6.04. The molecule has 1 N–H and O–H groups in total. The van der Waals surface area contributed by atoms with Gasteiger partial charge in [-0.1, -0.05) is 0 Å². The summed E-state index contributed by atoms with van der Waals surface area (Å²) in [6, 6.07) is 5.43. The number of morpholine rings is 1. The van der Waals surface area contributed by atoms with Crippen molar-refractivity contribution in [3.05, 3.63) is 24.1 Å². The number of fused-ring (bicyclic) bond motifs is 1. The lowest BCUT2D eigenvalue weighted by molar-refractivity contribution is -0.140. The van der Waals surface area contributed by atoms with Gasteiger partial charge in [-0.25, -0.2) is 9.78 Å². The molecule has 0 spiro atoms. The quantitative estimate of drug-likeness (QED) is 0.859. The Kier molecular flexibility index (Phi) is 4.87. The number of anilines is 1. The van der Waals surface area contributed by atoms with Crippen LogP contribution in [0.2, 0.25) is 0 Å². The standard InChI is InChI=1S/C21H26N4O4/c26-20(24-9-11-28-12-10-24)15-5-7-25(8-6-15)21(27)22-16-3-4-18-17(13-16)23-19(29-18)14-1-2-14/h3-4,13-15H,1-2,5-12H2,(H,22,27). The normalized spacial score (nSPS) is 20.8. The lowest BCUT2D eigenvalue weighted by Crippen LogP contribution is -2.48. The number of carbonyl (C=O) groups excluding carboxylic acids is 2. The molecule has 3 amide bonds. The molecule has 5 rings (SSSR count). The zero-order valence-corrected chi connectivity index (χ0v) is 16.4. The van der Waals surface area contributed by atoms with E-state index in [1.165, 1.54) is 0 Å². The third kappa shape index (κ3) is 3.94. The number of benzene rings is 1. The van der Waals surface area contributed by atoms with Crippen LogP contribution in [0.15, 0.2) is 22.6 Å². The molecule has 1 aliphatic carbocycles. The molecule has 2 aliphatic heterocycles. The van der Waals surface area contributed by atoms with Crippen molar-refractivity contribution in [3.63, 3.8) is 0 Å². The number of aromatic nitrogens is 1. The number of amides is 3. The molecular formula is C21H26N4O4. The number of urea groups is 1. The van der Waals surface area contributed by atoms with Gasteiger partial charge in [0.25, 0.3) is 0 Å². The first kappa shape index (κ1) is 18.4. The first-order valence-electron chi connectivity index (χ1n) is 10.5. The van der Waals surface area contributed by atoms with E-state index < -0.39 is 0 Å². The molecule has 0 radical (unpaired) electrons. The summed E-state index contributed by atoms with van der Waals surface area (Å²) in [5.74, 6) is 1.47. The van der Waals surface area contributed by atoms with Crippen LogP contribution in [0.5, 0.6) is 0 Å². The SMILES string of the molecule is O=C(Nc1ccc2oc(C3CC3)nc2c1)N1CCC(C(=O)N2CCOCC2)CC1. The maximum atomic E-state index is 12.7. The highest BCUT2D eigenvalue weighted by Crippen LogP contribution is 2.40. The summed E-state index contributed by atoms with van der Waals surface area (Å²) in [6.45, 7) is 3.75. The van der Waals surface area contributed by atoms with Crippen molar-refractivity contribution in [1.82, 2.24) is 14.8 Å². The van der Waals surface area contributed by atoms with Crippen molar-refractivity contribution in [2.75, 3.05) is 44.7 Å². The number of hydrogen-bond donors (Lipinski definition) is 1. The predicted octanol–water partition coefficient (Wildman–Crippen LogP) is 2.81. The van der Waals surface area contributed by atoms with E-state index in [1.807, 2.05) is 23.1 Å². The minimum atomic E-state index is -0.132. The largest absolute Gasteiger partial charge is 0.440 e. The number of hydrogen-bond acceptors (Lipinski definition) is 5. The van der Waals surface area contributed by atoms with Crippen LogP contribution >= 0.6 is 0 Å². The topological polar surface area (TPSA) is 87.9 Å².